The molecule has 0 radical (unpaired) electrons. The van der Waals surface area contributed by atoms with Crippen LogP contribution in [0.15, 0.2) is 12.1 Å². The molecule has 0 saturated carbocycles. The van der Waals surface area contributed by atoms with E-state index < -0.39 is 33.6 Å². The Kier molecular flexibility index (Phi) is 5.41. The molecule has 0 rings (SSSR count). The molecule has 0 aliphatic carbocycles. The molecule has 0 aromatic heterocycles. The summed E-state index contributed by atoms with van der Waals surface area (Å²) in [5.41, 5.74) is 0. The van der Waals surface area contributed by atoms with Crippen molar-refractivity contribution in [3.8, 4) is 0 Å². The second-order valence-electron chi connectivity index (χ2n) is 2.14. The summed E-state index contributed by atoms with van der Waals surface area (Å²) in [5.74, 6) is 0. The first-order valence-corrected chi connectivity index (χ1v) is 4.39. The molecular weight excluding hydrogens is 296 g/mol. The Hall–Kier alpha value is -1.11. The SMILES string of the molecule is F.O=S(=O)(O)C(F)(F)C(F)(F)OC(F)=C(F)F. The summed E-state index contributed by atoms with van der Waals surface area (Å²) in [7, 11) is -6.67. The van der Waals surface area contributed by atoms with Crippen LogP contribution in [0.1, 0.15) is 0 Å². The van der Waals surface area contributed by atoms with Gasteiger partial charge < -0.3 is 4.74 Å². The Labute approximate surface area is 87.8 Å². The highest BCUT2D eigenvalue weighted by atomic mass is 32.2. The molecule has 104 valence electrons. The van der Waals surface area contributed by atoms with Crippen LogP contribution in [0.5, 0.6) is 0 Å². The molecule has 13 heteroatoms. The number of rotatable bonds is 4. The second kappa shape index (κ2) is 5.03. The van der Waals surface area contributed by atoms with Crippen molar-refractivity contribution < 1.29 is 53.1 Å². The first kappa shape index (κ1) is 18.3. The van der Waals surface area contributed by atoms with Crippen LogP contribution >= 0.6 is 0 Å². The van der Waals surface area contributed by atoms with E-state index in [4.69, 9.17) is 4.55 Å². The molecule has 0 aliphatic heterocycles. The number of hydrogen-bond acceptors (Lipinski definition) is 3. The van der Waals surface area contributed by atoms with Gasteiger partial charge in [0.25, 0.3) is 0 Å². The number of ether oxygens (including phenoxy) is 1. The van der Waals surface area contributed by atoms with Crippen molar-refractivity contribution in [1.29, 1.82) is 0 Å². The second-order valence-corrected chi connectivity index (χ2v) is 3.61. The van der Waals surface area contributed by atoms with Crippen LogP contribution in [0.2, 0.25) is 0 Å². The molecular formula is C4H2F8O4S. The molecule has 0 unspecified atom stereocenters. The van der Waals surface area contributed by atoms with Crippen LogP contribution in [0.25, 0.3) is 0 Å². The minimum Gasteiger partial charge on any atom is -0.397 e. The predicted octanol–water partition coefficient (Wildman–Crippen LogP) is 2.26. The van der Waals surface area contributed by atoms with Crippen LogP contribution < -0.4 is 0 Å². The molecule has 0 aromatic rings. The molecule has 0 aliphatic rings. The van der Waals surface area contributed by atoms with Crippen molar-refractivity contribution in [2.24, 2.45) is 0 Å². The highest BCUT2D eigenvalue weighted by molar-refractivity contribution is 7.86. The van der Waals surface area contributed by atoms with Gasteiger partial charge in [-0.05, 0) is 0 Å². The highest BCUT2D eigenvalue weighted by Crippen LogP contribution is 2.41. The molecule has 0 aromatic carbocycles. The molecule has 1 N–H and O–H groups in total. The molecule has 0 spiro atoms. The van der Waals surface area contributed by atoms with Gasteiger partial charge in [-0.3, -0.25) is 9.26 Å². The van der Waals surface area contributed by atoms with Gasteiger partial charge in [-0.15, -0.1) is 0 Å². The Balaban J connectivity index is 0. The van der Waals surface area contributed by atoms with Crippen molar-refractivity contribution in [2.45, 2.75) is 11.4 Å². The smallest absolute Gasteiger partial charge is 0.397 e. The van der Waals surface area contributed by atoms with Crippen molar-refractivity contribution in [2.75, 3.05) is 0 Å². The Morgan fingerprint density at radius 3 is 1.65 bits per heavy atom. The zero-order chi connectivity index (χ0) is 13.4. The summed E-state index contributed by atoms with van der Waals surface area (Å²) >= 11 is 0. The Morgan fingerprint density at radius 1 is 1.06 bits per heavy atom. The van der Waals surface area contributed by atoms with Crippen molar-refractivity contribution in [3.63, 3.8) is 0 Å². The summed E-state index contributed by atoms with van der Waals surface area (Å²) in [5, 5.41) is -6.28. The standard InChI is InChI=1S/C4HF7O4S.FH/c5-1(6)2(7)15-3(8,9)4(10,11)16(12,13)14;/h(H,12,13,14);1H. The summed E-state index contributed by atoms with van der Waals surface area (Å²) in [6.45, 7) is 0. The summed E-state index contributed by atoms with van der Waals surface area (Å²) in [6.07, 6.45) is -9.71. The third-order valence-corrected chi connectivity index (χ3v) is 1.91. The van der Waals surface area contributed by atoms with E-state index in [-0.39, 0.29) is 4.70 Å². The van der Waals surface area contributed by atoms with Gasteiger partial charge in [0.1, 0.15) is 0 Å². The lowest BCUT2D eigenvalue weighted by atomic mass is 10.6. The number of hydrogen-bond donors (Lipinski definition) is 1. The zero-order valence-electron chi connectivity index (χ0n) is 7.13. The van der Waals surface area contributed by atoms with E-state index in [1.807, 2.05) is 0 Å². The molecule has 17 heavy (non-hydrogen) atoms. The molecule has 0 amide bonds. The lowest BCUT2D eigenvalue weighted by Crippen LogP contribution is -2.48. The summed E-state index contributed by atoms with van der Waals surface area (Å²) < 4.78 is 112. The third kappa shape index (κ3) is 3.69. The normalized spacial score (nSPS) is 12.7. The van der Waals surface area contributed by atoms with Crippen LogP contribution in [0.4, 0.5) is 35.4 Å². The minimum absolute atomic E-state index is 0. The van der Waals surface area contributed by atoms with Crippen molar-refractivity contribution in [3.05, 3.63) is 12.1 Å². The fourth-order valence-electron chi connectivity index (χ4n) is 0.361. The maximum Gasteiger partial charge on any atom is 0.485 e. The maximum atomic E-state index is 12.2. The van der Waals surface area contributed by atoms with Crippen LogP contribution in [-0.2, 0) is 14.9 Å². The topological polar surface area (TPSA) is 63.6 Å². The van der Waals surface area contributed by atoms with Gasteiger partial charge in [0, 0.05) is 0 Å². The van der Waals surface area contributed by atoms with Gasteiger partial charge in [-0.25, -0.2) is 0 Å². The van der Waals surface area contributed by atoms with Gasteiger partial charge in [-0.2, -0.15) is 39.2 Å². The van der Waals surface area contributed by atoms with Crippen molar-refractivity contribution in [1.82, 2.24) is 0 Å². The van der Waals surface area contributed by atoms with Gasteiger partial charge >= 0.3 is 33.6 Å². The lowest BCUT2D eigenvalue weighted by Gasteiger charge is -2.22. The quantitative estimate of drug-likeness (QED) is 0.491. The van der Waals surface area contributed by atoms with Gasteiger partial charge in [0.2, 0.25) is 0 Å². The van der Waals surface area contributed by atoms with E-state index in [1.54, 1.807) is 0 Å². The van der Waals surface area contributed by atoms with E-state index in [1.165, 1.54) is 0 Å². The monoisotopic (exact) mass is 298 g/mol. The molecule has 4 nitrogen and oxygen atoms in total. The summed E-state index contributed by atoms with van der Waals surface area (Å²) in [6, 6.07) is -3.40. The Morgan fingerprint density at radius 2 is 1.41 bits per heavy atom. The van der Waals surface area contributed by atoms with Gasteiger partial charge in [-0.1, -0.05) is 0 Å². The number of halogens is 8. The average Bonchev–Trinajstić information content (AvgIpc) is 2.00. The zero-order valence-corrected chi connectivity index (χ0v) is 7.95. The average molecular weight is 298 g/mol. The van der Waals surface area contributed by atoms with Gasteiger partial charge in [0.15, 0.2) is 0 Å². The summed E-state index contributed by atoms with van der Waals surface area (Å²) in [4.78, 5) is 0. The largest absolute Gasteiger partial charge is 0.485 e. The predicted molar refractivity (Wildman–Crippen MR) is 35.4 cm³/mol. The fourth-order valence-corrected chi connectivity index (χ4v) is 0.703. The van der Waals surface area contributed by atoms with Crippen LogP contribution in [-0.4, -0.2) is 24.3 Å². The van der Waals surface area contributed by atoms with Crippen molar-refractivity contribution >= 4 is 10.1 Å². The fraction of sp³-hybridized carbons (Fsp3) is 0.500. The minimum atomic E-state index is -6.67. The first-order valence-electron chi connectivity index (χ1n) is 2.95. The van der Waals surface area contributed by atoms with Gasteiger partial charge in [0.05, 0.1) is 0 Å². The molecule has 0 saturated heterocycles. The highest BCUT2D eigenvalue weighted by Gasteiger charge is 2.69. The maximum absolute atomic E-state index is 12.2. The molecule has 0 fully saturated rings. The molecule has 0 heterocycles. The molecule has 0 bridgehead atoms. The van der Waals surface area contributed by atoms with E-state index in [2.05, 4.69) is 4.74 Å². The molecule has 0 atom stereocenters. The van der Waals surface area contributed by atoms with E-state index >= 15 is 0 Å². The lowest BCUT2D eigenvalue weighted by molar-refractivity contribution is -0.310. The van der Waals surface area contributed by atoms with Crippen LogP contribution in [0, 0.1) is 0 Å². The third-order valence-electron chi connectivity index (χ3n) is 1.03. The van der Waals surface area contributed by atoms with E-state index in [0.29, 0.717) is 0 Å². The van der Waals surface area contributed by atoms with E-state index in [0.717, 1.165) is 0 Å². The van der Waals surface area contributed by atoms with Crippen LogP contribution in [0.3, 0.4) is 0 Å². The Bertz CT molecular complexity index is 396. The number of alkyl halides is 4. The van der Waals surface area contributed by atoms with E-state index in [9.17, 15) is 39.2 Å². The first-order chi connectivity index (χ1) is 6.83.